The average molecular weight is 400 g/mol. The van der Waals surface area contributed by atoms with Crippen LogP contribution >= 0.6 is 0 Å². The first-order chi connectivity index (χ1) is 13.8. The van der Waals surface area contributed by atoms with Crippen LogP contribution in [0.5, 0.6) is 5.88 Å². The van der Waals surface area contributed by atoms with Gasteiger partial charge in [-0.3, -0.25) is 0 Å². The van der Waals surface area contributed by atoms with E-state index in [0.717, 1.165) is 16.8 Å². The molecule has 1 N–H and O–H groups in total. The Bertz CT molecular complexity index is 828. The van der Waals surface area contributed by atoms with Crippen molar-refractivity contribution in [2.45, 2.75) is 45.6 Å². The summed E-state index contributed by atoms with van der Waals surface area (Å²) in [4.78, 5) is 16.4. The standard InChI is InChI=1S/C22H28N2O5/c1-15(23-21(25)29-22(2,3)4)14-28-19-10-6-9-18(24-19)16-7-5-8-17(13-16)20-26-11-12-27-20/h5-10,13,15,20H,11-12,14H2,1-4H3,(H,23,25)/t15-/m1/s1. The van der Waals surface area contributed by atoms with Gasteiger partial charge >= 0.3 is 6.09 Å². The molecule has 29 heavy (non-hydrogen) atoms. The molecule has 1 aliphatic heterocycles. The highest BCUT2D eigenvalue weighted by Crippen LogP contribution is 2.27. The molecule has 1 aliphatic rings. The van der Waals surface area contributed by atoms with Crippen LogP contribution in [0.1, 0.15) is 39.5 Å². The van der Waals surface area contributed by atoms with Gasteiger partial charge in [0.25, 0.3) is 0 Å². The maximum atomic E-state index is 11.8. The predicted molar refractivity (Wildman–Crippen MR) is 109 cm³/mol. The molecule has 0 radical (unpaired) electrons. The largest absolute Gasteiger partial charge is 0.475 e. The normalized spacial score (nSPS) is 15.7. The van der Waals surface area contributed by atoms with Gasteiger partial charge in [0.1, 0.15) is 12.2 Å². The van der Waals surface area contributed by atoms with Crippen molar-refractivity contribution in [3.8, 4) is 17.1 Å². The second-order valence-corrected chi connectivity index (χ2v) is 7.92. The van der Waals surface area contributed by atoms with Crippen molar-refractivity contribution >= 4 is 6.09 Å². The van der Waals surface area contributed by atoms with E-state index in [-0.39, 0.29) is 18.9 Å². The van der Waals surface area contributed by atoms with E-state index in [2.05, 4.69) is 10.3 Å². The summed E-state index contributed by atoms with van der Waals surface area (Å²) in [5.41, 5.74) is 2.16. The minimum absolute atomic E-state index is 0.227. The molecule has 1 aromatic carbocycles. The first-order valence-corrected chi connectivity index (χ1v) is 9.73. The number of nitrogens with one attached hydrogen (secondary N) is 1. The third kappa shape index (κ3) is 6.44. The summed E-state index contributed by atoms with van der Waals surface area (Å²) >= 11 is 0. The number of nitrogens with zero attached hydrogens (tertiary/aromatic N) is 1. The number of benzene rings is 1. The first-order valence-electron chi connectivity index (χ1n) is 9.73. The number of aromatic nitrogens is 1. The summed E-state index contributed by atoms with van der Waals surface area (Å²) in [6.45, 7) is 8.80. The number of rotatable bonds is 6. The third-order valence-corrected chi connectivity index (χ3v) is 4.04. The Morgan fingerprint density at radius 3 is 2.66 bits per heavy atom. The van der Waals surface area contributed by atoms with Gasteiger partial charge in [-0.1, -0.05) is 24.3 Å². The Labute approximate surface area is 171 Å². The number of hydrogen-bond donors (Lipinski definition) is 1. The lowest BCUT2D eigenvalue weighted by molar-refractivity contribution is -0.0440. The molecular weight excluding hydrogens is 372 g/mol. The van der Waals surface area contributed by atoms with Crippen molar-refractivity contribution in [3.63, 3.8) is 0 Å². The molecule has 1 amide bonds. The molecule has 1 fully saturated rings. The summed E-state index contributed by atoms with van der Waals surface area (Å²) in [6.07, 6.45) is -0.794. The first kappa shape index (κ1) is 21.1. The van der Waals surface area contributed by atoms with Crippen molar-refractivity contribution in [3.05, 3.63) is 48.0 Å². The Kier molecular flexibility index (Phi) is 6.71. The minimum atomic E-state index is -0.538. The van der Waals surface area contributed by atoms with E-state index in [1.165, 1.54) is 0 Å². The number of carbonyl (C=O) groups excluding carboxylic acids is 1. The van der Waals surface area contributed by atoms with Crippen LogP contribution in [0.2, 0.25) is 0 Å². The van der Waals surface area contributed by atoms with Gasteiger partial charge in [-0.05, 0) is 39.8 Å². The highest BCUT2D eigenvalue weighted by Gasteiger charge is 2.19. The zero-order valence-corrected chi connectivity index (χ0v) is 17.3. The van der Waals surface area contributed by atoms with Gasteiger partial charge in [0.15, 0.2) is 6.29 Å². The highest BCUT2D eigenvalue weighted by atomic mass is 16.7. The monoisotopic (exact) mass is 400 g/mol. The molecule has 2 heterocycles. The van der Waals surface area contributed by atoms with Crippen LogP contribution in [0.3, 0.4) is 0 Å². The fourth-order valence-corrected chi connectivity index (χ4v) is 2.81. The van der Waals surface area contributed by atoms with E-state index in [9.17, 15) is 4.79 Å². The maximum Gasteiger partial charge on any atom is 0.407 e. The molecule has 3 rings (SSSR count). The average Bonchev–Trinajstić information content (AvgIpc) is 3.20. The van der Waals surface area contributed by atoms with Crippen LogP contribution in [0.4, 0.5) is 4.79 Å². The Hall–Kier alpha value is -2.64. The topological polar surface area (TPSA) is 78.9 Å². The quantitative estimate of drug-likeness (QED) is 0.787. The lowest BCUT2D eigenvalue weighted by Gasteiger charge is -2.22. The van der Waals surface area contributed by atoms with Crippen LogP contribution in [-0.4, -0.2) is 42.5 Å². The highest BCUT2D eigenvalue weighted by molar-refractivity contribution is 5.68. The predicted octanol–water partition coefficient (Wildman–Crippen LogP) is 4.09. The second-order valence-electron chi connectivity index (χ2n) is 7.92. The van der Waals surface area contributed by atoms with Crippen LogP contribution in [-0.2, 0) is 14.2 Å². The Morgan fingerprint density at radius 2 is 1.93 bits per heavy atom. The molecule has 0 aliphatic carbocycles. The number of hydrogen-bond acceptors (Lipinski definition) is 6. The van der Waals surface area contributed by atoms with Gasteiger partial charge in [0.2, 0.25) is 5.88 Å². The van der Waals surface area contributed by atoms with Crippen LogP contribution in [0, 0.1) is 0 Å². The van der Waals surface area contributed by atoms with Crippen molar-refractivity contribution in [2.75, 3.05) is 19.8 Å². The molecule has 7 heteroatoms. The smallest absolute Gasteiger partial charge is 0.407 e. The van der Waals surface area contributed by atoms with Gasteiger partial charge in [-0.15, -0.1) is 0 Å². The van der Waals surface area contributed by atoms with E-state index < -0.39 is 11.7 Å². The number of pyridine rings is 1. The molecule has 0 bridgehead atoms. The van der Waals surface area contributed by atoms with E-state index in [0.29, 0.717) is 19.1 Å². The van der Waals surface area contributed by atoms with Gasteiger partial charge in [0.05, 0.1) is 24.9 Å². The molecule has 0 spiro atoms. The fourth-order valence-electron chi connectivity index (χ4n) is 2.81. The zero-order valence-electron chi connectivity index (χ0n) is 17.3. The molecule has 1 atom stereocenters. The number of carbonyl (C=O) groups is 1. The van der Waals surface area contributed by atoms with Crippen LogP contribution in [0.25, 0.3) is 11.3 Å². The lowest BCUT2D eigenvalue weighted by atomic mass is 10.1. The summed E-state index contributed by atoms with van der Waals surface area (Å²) in [6, 6.07) is 13.3. The van der Waals surface area contributed by atoms with Crippen LogP contribution in [0.15, 0.2) is 42.5 Å². The fraction of sp³-hybridized carbons (Fsp3) is 0.455. The maximum absolute atomic E-state index is 11.8. The molecule has 156 valence electrons. The molecular formula is C22H28N2O5. The second kappa shape index (κ2) is 9.24. The molecule has 0 saturated carbocycles. The molecule has 2 aromatic rings. The summed E-state index contributed by atoms with van der Waals surface area (Å²) in [5, 5.41) is 2.75. The van der Waals surface area contributed by atoms with Gasteiger partial charge in [-0.25, -0.2) is 9.78 Å². The number of amides is 1. The Morgan fingerprint density at radius 1 is 1.21 bits per heavy atom. The summed E-state index contributed by atoms with van der Waals surface area (Å²) in [7, 11) is 0. The molecule has 1 saturated heterocycles. The zero-order chi connectivity index (χ0) is 20.9. The summed E-state index contributed by atoms with van der Waals surface area (Å²) in [5.74, 6) is 0.485. The lowest BCUT2D eigenvalue weighted by Crippen LogP contribution is -2.40. The summed E-state index contributed by atoms with van der Waals surface area (Å²) < 4.78 is 22.1. The van der Waals surface area contributed by atoms with E-state index in [1.54, 1.807) is 6.07 Å². The molecule has 7 nitrogen and oxygen atoms in total. The number of alkyl carbamates (subject to hydrolysis) is 1. The van der Waals surface area contributed by atoms with Crippen molar-refractivity contribution < 1.29 is 23.7 Å². The van der Waals surface area contributed by atoms with E-state index >= 15 is 0 Å². The van der Waals surface area contributed by atoms with Gasteiger partial charge in [0, 0.05) is 17.2 Å². The van der Waals surface area contributed by atoms with Gasteiger partial charge < -0.3 is 24.3 Å². The van der Waals surface area contributed by atoms with Crippen LogP contribution < -0.4 is 10.1 Å². The van der Waals surface area contributed by atoms with Crippen molar-refractivity contribution in [1.29, 1.82) is 0 Å². The van der Waals surface area contributed by atoms with Crippen molar-refractivity contribution in [2.24, 2.45) is 0 Å². The third-order valence-electron chi connectivity index (χ3n) is 4.04. The SMILES string of the molecule is C[C@H](COc1cccc(-c2cccc(C3OCCO3)c2)n1)NC(=O)OC(C)(C)C. The minimum Gasteiger partial charge on any atom is -0.475 e. The van der Waals surface area contributed by atoms with E-state index in [1.807, 2.05) is 64.1 Å². The van der Waals surface area contributed by atoms with Gasteiger partial charge in [-0.2, -0.15) is 0 Å². The van der Waals surface area contributed by atoms with E-state index in [4.69, 9.17) is 18.9 Å². The molecule has 1 aromatic heterocycles. The molecule has 0 unspecified atom stereocenters. The Balaban J connectivity index is 1.60. The number of ether oxygens (including phenoxy) is 4. The van der Waals surface area contributed by atoms with Crippen molar-refractivity contribution in [1.82, 2.24) is 10.3 Å².